The number of hydrogen-bond acceptors (Lipinski definition) is 7. The van der Waals surface area contributed by atoms with Crippen molar-refractivity contribution in [1.29, 1.82) is 0 Å². The van der Waals surface area contributed by atoms with Gasteiger partial charge in [-0.15, -0.1) is 11.8 Å². The third-order valence-corrected chi connectivity index (χ3v) is 7.71. The minimum Gasteiger partial charge on any atom is -0.454 e. The standard InChI is InChI=1S/C22H26N2O5S2/c1-23(2)31(27,28)18-10-11-20(24-12-4-5-13-24)19(14-18)22(26)29-15-21(25)16-6-8-17(30-3)9-7-16/h6-11,14H,4-5,12-13,15H2,1-3H3. The molecule has 0 radical (unpaired) electrons. The van der Waals surface area contributed by atoms with Gasteiger partial charge in [0.15, 0.2) is 12.4 Å². The predicted octanol–water partition coefficient (Wildman–Crippen LogP) is 3.30. The van der Waals surface area contributed by atoms with Crippen molar-refractivity contribution in [2.45, 2.75) is 22.6 Å². The number of carbonyl (C=O) groups excluding carboxylic acids is 2. The minimum absolute atomic E-state index is 0.00591. The summed E-state index contributed by atoms with van der Waals surface area (Å²) in [7, 11) is -0.850. The third kappa shape index (κ3) is 5.28. The van der Waals surface area contributed by atoms with Crippen LogP contribution in [-0.4, -0.2) is 64.5 Å². The average Bonchev–Trinajstić information content (AvgIpc) is 3.31. The highest BCUT2D eigenvalue weighted by Gasteiger charge is 2.25. The van der Waals surface area contributed by atoms with Crippen molar-refractivity contribution in [3.8, 4) is 0 Å². The van der Waals surface area contributed by atoms with Gasteiger partial charge in [0.2, 0.25) is 10.0 Å². The highest BCUT2D eigenvalue weighted by molar-refractivity contribution is 7.98. The SMILES string of the molecule is CSc1ccc(C(=O)COC(=O)c2cc(S(=O)(=O)N(C)C)ccc2N2CCCC2)cc1. The Kier molecular flexibility index (Phi) is 7.40. The Hall–Kier alpha value is -2.36. The maximum Gasteiger partial charge on any atom is 0.340 e. The molecule has 1 aliphatic rings. The number of carbonyl (C=O) groups is 2. The van der Waals surface area contributed by atoms with Gasteiger partial charge in [-0.2, -0.15) is 0 Å². The Morgan fingerprint density at radius 3 is 2.29 bits per heavy atom. The van der Waals surface area contributed by atoms with Crippen LogP contribution >= 0.6 is 11.8 Å². The van der Waals surface area contributed by atoms with E-state index < -0.39 is 22.6 Å². The van der Waals surface area contributed by atoms with Crippen LogP contribution in [0.2, 0.25) is 0 Å². The van der Waals surface area contributed by atoms with Gasteiger partial charge in [-0.25, -0.2) is 17.5 Å². The summed E-state index contributed by atoms with van der Waals surface area (Å²) in [6.45, 7) is 1.14. The van der Waals surface area contributed by atoms with Crippen LogP contribution in [0.4, 0.5) is 5.69 Å². The molecule has 0 unspecified atom stereocenters. The van der Waals surface area contributed by atoms with Gasteiger partial charge in [-0.05, 0) is 49.4 Å². The van der Waals surface area contributed by atoms with E-state index in [1.807, 2.05) is 23.3 Å². The summed E-state index contributed by atoms with van der Waals surface area (Å²) in [5, 5.41) is 0. The first-order chi connectivity index (χ1) is 14.7. The molecule has 166 valence electrons. The molecule has 1 aliphatic heterocycles. The normalized spacial score (nSPS) is 14.1. The predicted molar refractivity (Wildman–Crippen MR) is 122 cm³/mol. The van der Waals surface area contributed by atoms with E-state index in [1.54, 1.807) is 30.0 Å². The van der Waals surface area contributed by atoms with Crippen LogP contribution in [0.3, 0.4) is 0 Å². The van der Waals surface area contributed by atoms with E-state index in [1.165, 1.54) is 26.2 Å². The van der Waals surface area contributed by atoms with Crippen LogP contribution in [0, 0.1) is 0 Å². The van der Waals surface area contributed by atoms with Crippen LogP contribution in [0.25, 0.3) is 0 Å². The lowest BCUT2D eigenvalue weighted by Gasteiger charge is -2.22. The number of Topliss-reactive ketones (excluding diaryl/α,β-unsaturated/α-hetero) is 1. The molecule has 3 rings (SSSR count). The van der Waals surface area contributed by atoms with Gasteiger partial charge < -0.3 is 9.64 Å². The molecule has 1 saturated heterocycles. The molecule has 2 aromatic rings. The van der Waals surface area contributed by atoms with E-state index in [9.17, 15) is 18.0 Å². The van der Waals surface area contributed by atoms with E-state index >= 15 is 0 Å². The number of sulfonamides is 1. The molecule has 0 saturated carbocycles. The zero-order valence-electron chi connectivity index (χ0n) is 17.8. The van der Waals surface area contributed by atoms with Gasteiger partial charge >= 0.3 is 5.97 Å². The van der Waals surface area contributed by atoms with Crippen molar-refractivity contribution in [1.82, 2.24) is 4.31 Å². The van der Waals surface area contributed by atoms with Gasteiger partial charge in [-0.3, -0.25) is 4.79 Å². The molecule has 2 aromatic carbocycles. The van der Waals surface area contributed by atoms with Crippen molar-refractivity contribution in [2.75, 3.05) is 44.9 Å². The zero-order valence-corrected chi connectivity index (χ0v) is 19.5. The number of ketones is 1. The maximum atomic E-state index is 12.9. The Labute approximate surface area is 187 Å². The summed E-state index contributed by atoms with van der Waals surface area (Å²) in [5.41, 5.74) is 1.22. The fraction of sp³-hybridized carbons (Fsp3) is 0.364. The smallest absolute Gasteiger partial charge is 0.340 e. The Balaban J connectivity index is 1.84. The first-order valence-electron chi connectivity index (χ1n) is 9.90. The van der Waals surface area contributed by atoms with E-state index in [2.05, 4.69) is 0 Å². The molecule has 0 bridgehead atoms. The van der Waals surface area contributed by atoms with Crippen LogP contribution in [0.1, 0.15) is 33.6 Å². The summed E-state index contributed by atoms with van der Waals surface area (Å²) in [6, 6.07) is 11.5. The Morgan fingerprint density at radius 1 is 1.06 bits per heavy atom. The second-order valence-electron chi connectivity index (χ2n) is 7.39. The Bertz CT molecular complexity index is 1060. The van der Waals surface area contributed by atoms with Crippen molar-refractivity contribution in [3.63, 3.8) is 0 Å². The van der Waals surface area contributed by atoms with Crippen molar-refractivity contribution in [2.24, 2.45) is 0 Å². The second kappa shape index (κ2) is 9.84. The number of rotatable bonds is 8. The molecule has 0 N–H and O–H groups in total. The van der Waals surface area contributed by atoms with Crippen LogP contribution < -0.4 is 4.90 Å². The van der Waals surface area contributed by atoms with Crippen molar-refractivity contribution < 1.29 is 22.7 Å². The summed E-state index contributed by atoms with van der Waals surface area (Å²) < 4.78 is 31.5. The molecule has 0 aromatic heterocycles. The van der Waals surface area contributed by atoms with Crippen LogP contribution in [0.15, 0.2) is 52.3 Å². The molecule has 7 nitrogen and oxygen atoms in total. The molecule has 0 amide bonds. The van der Waals surface area contributed by atoms with Gasteiger partial charge in [0.05, 0.1) is 16.1 Å². The fourth-order valence-electron chi connectivity index (χ4n) is 3.35. The van der Waals surface area contributed by atoms with Crippen LogP contribution in [0.5, 0.6) is 0 Å². The molecule has 0 spiro atoms. The van der Waals surface area contributed by atoms with Crippen molar-refractivity contribution >= 4 is 39.2 Å². The zero-order chi connectivity index (χ0) is 22.6. The molecule has 1 heterocycles. The fourth-order valence-corrected chi connectivity index (χ4v) is 4.69. The quantitative estimate of drug-likeness (QED) is 0.338. The molecular formula is C22H26N2O5S2. The molecule has 0 aliphatic carbocycles. The number of nitrogens with zero attached hydrogens (tertiary/aromatic N) is 2. The lowest BCUT2D eigenvalue weighted by molar-refractivity contribution is 0.0475. The third-order valence-electron chi connectivity index (χ3n) is 5.16. The molecular weight excluding hydrogens is 436 g/mol. The topological polar surface area (TPSA) is 84.0 Å². The number of hydrogen-bond donors (Lipinski definition) is 0. The van der Waals surface area contributed by atoms with Crippen molar-refractivity contribution in [3.05, 3.63) is 53.6 Å². The number of ether oxygens (including phenoxy) is 1. The molecule has 0 atom stereocenters. The van der Waals surface area contributed by atoms with E-state index in [-0.39, 0.29) is 16.2 Å². The summed E-state index contributed by atoms with van der Waals surface area (Å²) in [5.74, 6) is -1.03. The summed E-state index contributed by atoms with van der Waals surface area (Å²) in [4.78, 5) is 28.4. The number of thioether (sulfide) groups is 1. The van der Waals surface area contributed by atoms with Gasteiger partial charge in [0.25, 0.3) is 0 Å². The lowest BCUT2D eigenvalue weighted by Crippen LogP contribution is -2.25. The van der Waals surface area contributed by atoms with Gasteiger partial charge in [-0.1, -0.05) is 12.1 Å². The molecule has 31 heavy (non-hydrogen) atoms. The first kappa shape index (κ1) is 23.3. The summed E-state index contributed by atoms with van der Waals surface area (Å²) >= 11 is 1.57. The van der Waals surface area contributed by atoms with Crippen LogP contribution in [-0.2, 0) is 14.8 Å². The lowest BCUT2D eigenvalue weighted by atomic mass is 10.1. The summed E-state index contributed by atoms with van der Waals surface area (Å²) in [6.07, 6.45) is 3.94. The minimum atomic E-state index is -3.72. The first-order valence-corrected chi connectivity index (χ1v) is 12.6. The highest BCUT2D eigenvalue weighted by atomic mass is 32.2. The number of benzene rings is 2. The molecule has 1 fully saturated rings. The van der Waals surface area contributed by atoms with E-state index in [4.69, 9.17) is 4.74 Å². The molecule has 9 heteroatoms. The van der Waals surface area contributed by atoms with E-state index in [0.717, 1.165) is 35.1 Å². The average molecular weight is 463 g/mol. The number of anilines is 1. The Morgan fingerprint density at radius 2 is 1.71 bits per heavy atom. The highest BCUT2D eigenvalue weighted by Crippen LogP contribution is 2.29. The second-order valence-corrected chi connectivity index (χ2v) is 10.4. The number of esters is 1. The van der Waals surface area contributed by atoms with Gasteiger partial charge in [0.1, 0.15) is 0 Å². The van der Waals surface area contributed by atoms with E-state index in [0.29, 0.717) is 11.3 Å². The maximum absolute atomic E-state index is 12.9. The monoisotopic (exact) mass is 462 g/mol. The largest absolute Gasteiger partial charge is 0.454 e. The van der Waals surface area contributed by atoms with Gasteiger partial charge in [0, 0.05) is 37.6 Å².